The van der Waals surface area contributed by atoms with Crippen LogP contribution in [0.5, 0.6) is 0 Å². The molecule has 0 amide bonds. The molecule has 0 radical (unpaired) electrons. The molecule has 2 heteroatoms. The molecule has 0 saturated heterocycles. The molecular weight excluding hydrogens is 168 g/mol. The van der Waals surface area contributed by atoms with Crippen molar-refractivity contribution in [3.63, 3.8) is 0 Å². The highest BCUT2D eigenvalue weighted by molar-refractivity contribution is 7.99. The molecule has 12 heavy (non-hydrogen) atoms. The third kappa shape index (κ3) is 10.3. The first kappa shape index (κ1) is 12.3. The first-order valence-corrected chi connectivity index (χ1v) is 6.11. The van der Waals surface area contributed by atoms with Crippen LogP contribution < -0.4 is 0 Å². The van der Waals surface area contributed by atoms with E-state index in [2.05, 4.69) is 13.8 Å². The lowest BCUT2D eigenvalue weighted by Gasteiger charge is -2.03. The van der Waals surface area contributed by atoms with Gasteiger partial charge in [-0.2, -0.15) is 11.8 Å². The van der Waals surface area contributed by atoms with Crippen LogP contribution in [0.25, 0.3) is 0 Å². The maximum Gasteiger partial charge on any atom is 0.0431 e. The molecule has 0 unspecified atom stereocenters. The van der Waals surface area contributed by atoms with E-state index < -0.39 is 0 Å². The summed E-state index contributed by atoms with van der Waals surface area (Å²) >= 11 is 2.02. The highest BCUT2D eigenvalue weighted by Crippen LogP contribution is 2.10. The fourth-order valence-corrected chi connectivity index (χ4v) is 1.99. The standard InChI is InChI=1S/C10H22OS/c1-10(2)6-5-9-12-8-4-3-7-11/h10-11H,3-9H2,1-2H3. The second-order valence-electron chi connectivity index (χ2n) is 3.58. The number of aliphatic hydroxyl groups excluding tert-OH is 1. The van der Waals surface area contributed by atoms with Crippen molar-refractivity contribution < 1.29 is 5.11 Å². The van der Waals surface area contributed by atoms with Crippen molar-refractivity contribution in [2.45, 2.75) is 39.5 Å². The van der Waals surface area contributed by atoms with Gasteiger partial charge in [0, 0.05) is 6.61 Å². The zero-order valence-electron chi connectivity index (χ0n) is 8.38. The second-order valence-corrected chi connectivity index (χ2v) is 4.80. The van der Waals surface area contributed by atoms with Gasteiger partial charge in [0.1, 0.15) is 0 Å². The summed E-state index contributed by atoms with van der Waals surface area (Å²) in [5.41, 5.74) is 0. The number of hydrogen-bond acceptors (Lipinski definition) is 2. The Bertz CT molecular complexity index is 83.9. The zero-order chi connectivity index (χ0) is 9.23. The third-order valence-corrected chi connectivity index (χ3v) is 2.92. The molecule has 0 heterocycles. The summed E-state index contributed by atoms with van der Waals surface area (Å²) in [6.45, 7) is 4.90. The van der Waals surface area contributed by atoms with E-state index in [4.69, 9.17) is 5.11 Å². The maximum absolute atomic E-state index is 8.53. The molecule has 0 spiro atoms. The van der Waals surface area contributed by atoms with Crippen molar-refractivity contribution in [3.8, 4) is 0 Å². The second kappa shape index (κ2) is 9.40. The van der Waals surface area contributed by atoms with Gasteiger partial charge in [-0.05, 0) is 36.7 Å². The topological polar surface area (TPSA) is 20.2 Å². The van der Waals surface area contributed by atoms with Crippen molar-refractivity contribution in [2.24, 2.45) is 5.92 Å². The fourth-order valence-electron chi connectivity index (χ4n) is 1.01. The van der Waals surface area contributed by atoms with Crippen LogP contribution in [-0.4, -0.2) is 23.2 Å². The van der Waals surface area contributed by atoms with E-state index in [0.29, 0.717) is 6.61 Å². The predicted octanol–water partition coefficient (Wildman–Crippen LogP) is 2.93. The summed E-state index contributed by atoms with van der Waals surface area (Å²) in [4.78, 5) is 0. The molecular formula is C10H22OS. The van der Waals surface area contributed by atoms with Gasteiger partial charge >= 0.3 is 0 Å². The van der Waals surface area contributed by atoms with E-state index in [9.17, 15) is 0 Å². The molecule has 0 fully saturated rings. The molecule has 0 saturated carbocycles. The Morgan fingerprint density at radius 3 is 2.33 bits per heavy atom. The number of thioether (sulfide) groups is 1. The van der Waals surface area contributed by atoms with E-state index in [0.717, 1.165) is 12.3 Å². The van der Waals surface area contributed by atoms with Crippen LogP contribution in [0.3, 0.4) is 0 Å². The van der Waals surface area contributed by atoms with Crippen LogP contribution in [0, 0.1) is 5.92 Å². The molecule has 1 nitrogen and oxygen atoms in total. The molecule has 0 aliphatic carbocycles. The Hall–Kier alpha value is 0.310. The molecule has 1 N–H and O–H groups in total. The van der Waals surface area contributed by atoms with Gasteiger partial charge in [-0.3, -0.25) is 0 Å². The summed E-state index contributed by atoms with van der Waals surface area (Å²) in [5, 5.41) is 8.53. The van der Waals surface area contributed by atoms with Crippen molar-refractivity contribution in [1.82, 2.24) is 0 Å². The summed E-state index contributed by atoms with van der Waals surface area (Å²) in [5.74, 6) is 3.37. The van der Waals surface area contributed by atoms with Gasteiger partial charge < -0.3 is 5.11 Å². The van der Waals surface area contributed by atoms with Crippen molar-refractivity contribution in [3.05, 3.63) is 0 Å². The van der Waals surface area contributed by atoms with Crippen LogP contribution >= 0.6 is 11.8 Å². The Labute approximate surface area is 80.9 Å². The van der Waals surface area contributed by atoms with E-state index >= 15 is 0 Å². The molecule has 0 aromatic carbocycles. The zero-order valence-corrected chi connectivity index (χ0v) is 9.20. The first-order valence-electron chi connectivity index (χ1n) is 4.96. The Morgan fingerprint density at radius 1 is 1.08 bits per heavy atom. The van der Waals surface area contributed by atoms with Gasteiger partial charge in [0.15, 0.2) is 0 Å². The Morgan fingerprint density at radius 2 is 1.75 bits per heavy atom. The molecule has 0 bridgehead atoms. The maximum atomic E-state index is 8.53. The molecule has 0 aliphatic rings. The van der Waals surface area contributed by atoms with Gasteiger partial charge in [-0.25, -0.2) is 0 Å². The quantitative estimate of drug-likeness (QED) is 0.594. The highest BCUT2D eigenvalue weighted by atomic mass is 32.2. The Balaban J connectivity index is 2.82. The van der Waals surface area contributed by atoms with Crippen molar-refractivity contribution >= 4 is 11.8 Å². The molecule has 0 rings (SSSR count). The van der Waals surface area contributed by atoms with Crippen LogP contribution in [0.4, 0.5) is 0 Å². The fraction of sp³-hybridized carbons (Fsp3) is 1.00. The first-order chi connectivity index (χ1) is 5.77. The predicted molar refractivity (Wildman–Crippen MR) is 57.7 cm³/mol. The van der Waals surface area contributed by atoms with Crippen molar-refractivity contribution in [1.29, 1.82) is 0 Å². The SMILES string of the molecule is CC(C)CCCSCCCCO. The summed E-state index contributed by atoms with van der Waals surface area (Å²) in [6, 6.07) is 0. The van der Waals surface area contributed by atoms with E-state index in [1.807, 2.05) is 11.8 Å². The minimum absolute atomic E-state index is 0.354. The van der Waals surface area contributed by atoms with Crippen LogP contribution in [-0.2, 0) is 0 Å². The lowest BCUT2D eigenvalue weighted by molar-refractivity contribution is 0.287. The van der Waals surface area contributed by atoms with Crippen molar-refractivity contribution in [2.75, 3.05) is 18.1 Å². The minimum Gasteiger partial charge on any atom is -0.396 e. The van der Waals surface area contributed by atoms with Gasteiger partial charge in [-0.1, -0.05) is 20.3 Å². The smallest absolute Gasteiger partial charge is 0.0431 e. The summed E-state index contributed by atoms with van der Waals surface area (Å²) in [7, 11) is 0. The van der Waals surface area contributed by atoms with Gasteiger partial charge in [0.05, 0.1) is 0 Å². The average molecular weight is 190 g/mol. The molecule has 0 aliphatic heterocycles. The summed E-state index contributed by atoms with van der Waals surface area (Å²) < 4.78 is 0. The molecule has 74 valence electrons. The largest absolute Gasteiger partial charge is 0.396 e. The third-order valence-electron chi connectivity index (χ3n) is 1.77. The normalized spacial score (nSPS) is 11.0. The average Bonchev–Trinajstić information content (AvgIpc) is 2.02. The molecule has 0 atom stereocenters. The molecule has 0 aromatic heterocycles. The van der Waals surface area contributed by atoms with Crippen LogP contribution in [0.15, 0.2) is 0 Å². The van der Waals surface area contributed by atoms with E-state index in [1.165, 1.54) is 30.8 Å². The van der Waals surface area contributed by atoms with Gasteiger partial charge in [0.2, 0.25) is 0 Å². The Kier molecular flexibility index (Phi) is 9.64. The van der Waals surface area contributed by atoms with Gasteiger partial charge in [-0.15, -0.1) is 0 Å². The monoisotopic (exact) mass is 190 g/mol. The lowest BCUT2D eigenvalue weighted by atomic mass is 10.1. The van der Waals surface area contributed by atoms with E-state index in [1.54, 1.807) is 0 Å². The highest BCUT2D eigenvalue weighted by Gasteiger charge is 1.94. The number of aliphatic hydroxyl groups is 1. The minimum atomic E-state index is 0.354. The van der Waals surface area contributed by atoms with Crippen LogP contribution in [0.1, 0.15) is 39.5 Å². The number of hydrogen-bond donors (Lipinski definition) is 1. The molecule has 0 aromatic rings. The summed E-state index contributed by atoms with van der Waals surface area (Å²) in [6.07, 6.45) is 4.84. The van der Waals surface area contributed by atoms with E-state index in [-0.39, 0.29) is 0 Å². The van der Waals surface area contributed by atoms with Gasteiger partial charge in [0.25, 0.3) is 0 Å². The number of rotatable bonds is 8. The lowest BCUT2D eigenvalue weighted by Crippen LogP contribution is -1.91. The van der Waals surface area contributed by atoms with Crippen LogP contribution in [0.2, 0.25) is 0 Å². The number of unbranched alkanes of at least 4 members (excludes halogenated alkanes) is 1.